The Bertz CT molecular complexity index is 286. The lowest BCUT2D eigenvalue weighted by Gasteiger charge is -2.04. The van der Waals surface area contributed by atoms with Crippen LogP contribution in [0.25, 0.3) is 0 Å². The number of halogens is 1. The minimum absolute atomic E-state index is 0.130. The molecule has 1 saturated carbocycles. The molecule has 0 radical (unpaired) electrons. The lowest BCUT2D eigenvalue weighted by Crippen LogP contribution is -1.86. The van der Waals surface area contributed by atoms with Crippen LogP contribution in [0.3, 0.4) is 0 Å². The first-order valence-electron chi connectivity index (χ1n) is 4.92. The SMILES string of the molecule is CC(Cl)c1ccc([C@H]2C[C@H]2C)cc1. The van der Waals surface area contributed by atoms with Gasteiger partial charge in [-0.2, -0.15) is 0 Å². The third kappa shape index (κ3) is 1.88. The van der Waals surface area contributed by atoms with E-state index in [9.17, 15) is 0 Å². The fraction of sp³-hybridized carbons (Fsp3) is 0.500. The van der Waals surface area contributed by atoms with Crippen LogP contribution in [0.4, 0.5) is 0 Å². The zero-order chi connectivity index (χ0) is 9.42. The van der Waals surface area contributed by atoms with Crippen molar-refractivity contribution in [3.05, 3.63) is 35.4 Å². The lowest BCUT2D eigenvalue weighted by atomic mass is 10.1. The minimum Gasteiger partial charge on any atom is -0.118 e. The Morgan fingerprint density at radius 2 is 1.85 bits per heavy atom. The molecule has 70 valence electrons. The van der Waals surface area contributed by atoms with E-state index in [1.807, 2.05) is 6.92 Å². The van der Waals surface area contributed by atoms with E-state index in [1.54, 1.807) is 0 Å². The molecule has 1 aromatic carbocycles. The van der Waals surface area contributed by atoms with Gasteiger partial charge in [0.1, 0.15) is 0 Å². The Balaban J connectivity index is 2.14. The second-order valence-corrected chi connectivity index (χ2v) is 4.76. The Kier molecular flexibility index (Phi) is 2.33. The smallest absolute Gasteiger partial charge is 0.0557 e. The van der Waals surface area contributed by atoms with Crippen LogP contribution < -0.4 is 0 Å². The standard InChI is InChI=1S/C12H15Cl/c1-8-7-12(8)11-5-3-10(4-6-11)9(2)13/h3-6,8-9,12H,7H2,1-2H3/t8-,9?,12+/m1/s1. The molecule has 0 aliphatic heterocycles. The summed E-state index contributed by atoms with van der Waals surface area (Å²) in [6.07, 6.45) is 1.36. The first-order chi connectivity index (χ1) is 6.18. The first kappa shape index (κ1) is 9.08. The molecule has 0 spiro atoms. The highest BCUT2D eigenvalue weighted by atomic mass is 35.5. The van der Waals surface area contributed by atoms with E-state index < -0.39 is 0 Å². The van der Waals surface area contributed by atoms with Gasteiger partial charge in [0.2, 0.25) is 0 Å². The molecule has 2 rings (SSSR count). The molecule has 1 aromatic rings. The zero-order valence-electron chi connectivity index (χ0n) is 8.13. The fourth-order valence-corrected chi connectivity index (χ4v) is 1.94. The third-order valence-corrected chi connectivity index (χ3v) is 3.19. The molecule has 1 heteroatoms. The number of hydrogen-bond acceptors (Lipinski definition) is 0. The van der Waals surface area contributed by atoms with Crippen molar-refractivity contribution in [2.75, 3.05) is 0 Å². The highest BCUT2D eigenvalue weighted by Gasteiger charge is 2.33. The van der Waals surface area contributed by atoms with Crippen LogP contribution in [0, 0.1) is 5.92 Å². The maximum absolute atomic E-state index is 5.98. The molecule has 1 aliphatic rings. The molecule has 0 amide bonds. The molecule has 0 aromatic heterocycles. The van der Waals surface area contributed by atoms with Crippen molar-refractivity contribution in [1.82, 2.24) is 0 Å². The van der Waals surface area contributed by atoms with Gasteiger partial charge in [-0.05, 0) is 36.3 Å². The molecule has 0 heterocycles. The summed E-state index contributed by atoms with van der Waals surface area (Å²) in [5.74, 6) is 1.71. The summed E-state index contributed by atoms with van der Waals surface area (Å²) in [4.78, 5) is 0. The van der Waals surface area contributed by atoms with Crippen molar-refractivity contribution >= 4 is 11.6 Å². The van der Waals surface area contributed by atoms with E-state index in [-0.39, 0.29) is 5.38 Å². The van der Waals surface area contributed by atoms with Crippen molar-refractivity contribution in [2.45, 2.75) is 31.6 Å². The summed E-state index contributed by atoms with van der Waals surface area (Å²) in [5, 5.41) is 0.130. The predicted molar refractivity (Wildman–Crippen MR) is 57.2 cm³/mol. The summed E-state index contributed by atoms with van der Waals surface area (Å²) >= 11 is 5.98. The summed E-state index contributed by atoms with van der Waals surface area (Å²) in [5.41, 5.74) is 2.70. The monoisotopic (exact) mass is 194 g/mol. The maximum Gasteiger partial charge on any atom is 0.0557 e. The molecule has 0 nitrogen and oxygen atoms in total. The van der Waals surface area contributed by atoms with Crippen molar-refractivity contribution in [3.63, 3.8) is 0 Å². The maximum atomic E-state index is 5.98. The van der Waals surface area contributed by atoms with Crippen molar-refractivity contribution < 1.29 is 0 Å². The number of rotatable bonds is 2. The number of hydrogen-bond donors (Lipinski definition) is 0. The van der Waals surface area contributed by atoms with Gasteiger partial charge in [0.05, 0.1) is 5.38 Å². The minimum atomic E-state index is 0.130. The second kappa shape index (κ2) is 3.34. The molecule has 1 unspecified atom stereocenters. The van der Waals surface area contributed by atoms with E-state index in [0.29, 0.717) is 0 Å². The van der Waals surface area contributed by atoms with Crippen LogP contribution >= 0.6 is 11.6 Å². The van der Waals surface area contributed by atoms with Crippen LogP contribution in [0.5, 0.6) is 0 Å². The molecule has 1 aliphatic carbocycles. The van der Waals surface area contributed by atoms with Crippen LogP contribution in [0.15, 0.2) is 24.3 Å². The molecule has 0 N–H and O–H groups in total. The Hall–Kier alpha value is -0.490. The van der Waals surface area contributed by atoms with Crippen LogP contribution in [0.1, 0.15) is 42.7 Å². The van der Waals surface area contributed by atoms with Crippen molar-refractivity contribution in [1.29, 1.82) is 0 Å². The molecular formula is C12H15Cl. The topological polar surface area (TPSA) is 0 Å². The molecule has 13 heavy (non-hydrogen) atoms. The van der Waals surface area contributed by atoms with E-state index in [0.717, 1.165) is 11.8 Å². The van der Waals surface area contributed by atoms with Gasteiger partial charge in [0, 0.05) is 0 Å². The fourth-order valence-electron chi connectivity index (χ4n) is 1.79. The molecule has 1 fully saturated rings. The summed E-state index contributed by atoms with van der Waals surface area (Å²) < 4.78 is 0. The normalized spacial score (nSPS) is 28.5. The Labute approximate surface area is 84.9 Å². The van der Waals surface area contributed by atoms with Gasteiger partial charge < -0.3 is 0 Å². The van der Waals surface area contributed by atoms with Crippen LogP contribution in [-0.4, -0.2) is 0 Å². The van der Waals surface area contributed by atoms with Gasteiger partial charge in [-0.1, -0.05) is 31.2 Å². The van der Waals surface area contributed by atoms with Gasteiger partial charge in [-0.25, -0.2) is 0 Å². The number of alkyl halides is 1. The van der Waals surface area contributed by atoms with E-state index in [4.69, 9.17) is 11.6 Å². The molecular weight excluding hydrogens is 180 g/mol. The first-order valence-corrected chi connectivity index (χ1v) is 5.36. The zero-order valence-corrected chi connectivity index (χ0v) is 8.88. The van der Waals surface area contributed by atoms with Gasteiger partial charge in [-0.15, -0.1) is 11.6 Å². The van der Waals surface area contributed by atoms with E-state index in [1.165, 1.54) is 17.5 Å². The van der Waals surface area contributed by atoms with Crippen molar-refractivity contribution in [3.8, 4) is 0 Å². The second-order valence-electron chi connectivity index (χ2n) is 4.10. The summed E-state index contributed by atoms with van der Waals surface area (Å²) in [7, 11) is 0. The lowest BCUT2D eigenvalue weighted by molar-refractivity contribution is 0.913. The van der Waals surface area contributed by atoms with Crippen LogP contribution in [-0.2, 0) is 0 Å². The summed E-state index contributed by atoms with van der Waals surface area (Å²) in [6.45, 7) is 4.32. The largest absolute Gasteiger partial charge is 0.118 e. The highest BCUT2D eigenvalue weighted by Crippen LogP contribution is 2.46. The van der Waals surface area contributed by atoms with Gasteiger partial charge in [0.25, 0.3) is 0 Å². The van der Waals surface area contributed by atoms with Gasteiger partial charge in [0.15, 0.2) is 0 Å². The third-order valence-electron chi connectivity index (χ3n) is 2.93. The molecule has 0 bridgehead atoms. The Morgan fingerprint density at radius 1 is 1.31 bits per heavy atom. The van der Waals surface area contributed by atoms with E-state index in [2.05, 4.69) is 31.2 Å². The van der Waals surface area contributed by atoms with E-state index >= 15 is 0 Å². The molecule has 0 saturated heterocycles. The number of benzene rings is 1. The van der Waals surface area contributed by atoms with Gasteiger partial charge in [-0.3, -0.25) is 0 Å². The Morgan fingerprint density at radius 3 is 2.23 bits per heavy atom. The van der Waals surface area contributed by atoms with Gasteiger partial charge >= 0.3 is 0 Å². The average Bonchev–Trinajstić information content (AvgIpc) is 2.83. The highest BCUT2D eigenvalue weighted by molar-refractivity contribution is 6.20. The summed E-state index contributed by atoms with van der Waals surface area (Å²) in [6, 6.07) is 8.75. The molecule has 3 atom stereocenters. The van der Waals surface area contributed by atoms with Crippen molar-refractivity contribution in [2.24, 2.45) is 5.92 Å². The van der Waals surface area contributed by atoms with Crippen LogP contribution in [0.2, 0.25) is 0 Å². The quantitative estimate of drug-likeness (QED) is 0.622. The average molecular weight is 195 g/mol. The predicted octanol–water partition coefficient (Wildman–Crippen LogP) is 4.11.